The maximum atomic E-state index is 14.1. The summed E-state index contributed by atoms with van der Waals surface area (Å²) >= 11 is 0. The van der Waals surface area contributed by atoms with Crippen LogP contribution in [0.4, 0.5) is 4.79 Å². The lowest BCUT2D eigenvalue weighted by molar-refractivity contribution is -0.135. The summed E-state index contributed by atoms with van der Waals surface area (Å²) in [4.78, 5) is 95.2. The number of nitrogens with zero attached hydrogens (tertiary/aromatic N) is 1. The summed E-state index contributed by atoms with van der Waals surface area (Å²) in [7, 11) is 0. The molecular weight excluding hydrogens is 708 g/mol. The van der Waals surface area contributed by atoms with E-state index in [1.807, 2.05) is 0 Å². The number of hydrogen-bond donors (Lipinski definition) is 9. The molecule has 0 saturated heterocycles. The van der Waals surface area contributed by atoms with Gasteiger partial charge in [0.1, 0.15) is 34.9 Å². The van der Waals surface area contributed by atoms with Crippen LogP contribution in [0.1, 0.15) is 87.1 Å². The van der Waals surface area contributed by atoms with E-state index in [9.17, 15) is 43.8 Å². The molecule has 5 atom stereocenters. The van der Waals surface area contributed by atoms with E-state index in [0.717, 1.165) is 0 Å². The quantitative estimate of drug-likeness (QED) is 0.0296. The van der Waals surface area contributed by atoms with Gasteiger partial charge in [0, 0.05) is 17.5 Å². The molecule has 0 bridgehead atoms. The highest BCUT2D eigenvalue weighted by Crippen LogP contribution is 2.25. The molecule has 0 spiro atoms. The molecule has 0 aliphatic carbocycles. The first-order valence-corrected chi connectivity index (χ1v) is 17.2. The van der Waals surface area contributed by atoms with Crippen LogP contribution in [0.3, 0.4) is 0 Å². The van der Waals surface area contributed by atoms with Gasteiger partial charge < -0.3 is 57.8 Å². The molecule has 0 aliphatic heterocycles. The van der Waals surface area contributed by atoms with Crippen LogP contribution >= 0.6 is 0 Å². The lowest BCUT2D eigenvalue weighted by Gasteiger charge is -2.28. The van der Waals surface area contributed by atoms with Crippen LogP contribution in [0.2, 0.25) is 0 Å². The third-order valence-corrected chi connectivity index (χ3v) is 7.87. The number of carbonyl (C=O) groups is 6. The zero-order chi connectivity index (χ0) is 41.1. The van der Waals surface area contributed by atoms with Crippen molar-refractivity contribution in [3.8, 4) is 0 Å². The Morgan fingerprint density at radius 2 is 1.52 bits per heavy atom. The molecule has 12 N–H and O–H groups in total. The number of hydrogen-bond acceptors (Lipinski definition) is 12. The number of ether oxygens (including phenoxy) is 1. The smallest absolute Gasteiger partial charge is 0.408 e. The van der Waals surface area contributed by atoms with E-state index in [2.05, 4.69) is 26.3 Å². The number of aryl methyl sites for hydroxylation is 1. The molecule has 0 aliphatic rings. The summed E-state index contributed by atoms with van der Waals surface area (Å²) in [6, 6.07) is -1.62. The first-order valence-electron chi connectivity index (χ1n) is 17.2. The summed E-state index contributed by atoms with van der Waals surface area (Å²) in [6.45, 7) is 10.3. The lowest BCUT2D eigenvalue weighted by atomic mass is 9.93. The number of guanidine groups is 1. The number of benzene rings is 1. The SMILES string of the molecule is Cc1c(C(N)=O)c(=O)oc2cccc(C(=O)[C@H](CCCN=C(N)N)NC(=O)[C@@H](NC(=O)[C@H](CO)NC(=O)[C@H](CC(C)C)NC(=O)OC(C)(C)C)[C@@H](C)O)c12. The van der Waals surface area contributed by atoms with Crippen molar-refractivity contribution in [1.29, 1.82) is 0 Å². The number of aliphatic hydroxyl groups is 2. The number of nitrogens with one attached hydrogen (secondary N) is 4. The summed E-state index contributed by atoms with van der Waals surface area (Å²) < 4.78 is 10.5. The van der Waals surface area contributed by atoms with E-state index in [4.69, 9.17) is 26.4 Å². The van der Waals surface area contributed by atoms with Gasteiger partial charge in [-0.3, -0.25) is 29.0 Å². The number of aliphatic imine (C=N–C) groups is 1. The van der Waals surface area contributed by atoms with Gasteiger partial charge in [0.25, 0.3) is 5.91 Å². The van der Waals surface area contributed by atoms with Gasteiger partial charge in [-0.25, -0.2) is 9.59 Å². The highest BCUT2D eigenvalue weighted by molar-refractivity contribution is 6.13. The van der Waals surface area contributed by atoms with Gasteiger partial charge in [0.15, 0.2) is 11.7 Å². The third kappa shape index (κ3) is 12.8. The summed E-state index contributed by atoms with van der Waals surface area (Å²) in [6.07, 6.45) is -2.18. The maximum Gasteiger partial charge on any atom is 0.408 e. The Morgan fingerprint density at radius 1 is 0.907 bits per heavy atom. The predicted molar refractivity (Wildman–Crippen MR) is 197 cm³/mol. The predicted octanol–water partition coefficient (Wildman–Crippen LogP) is -0.796. The molecule has 54 heavy (non-hydrogen) atoms. The normalized spacial score (nSPS) is 14.2. The van der Waals surface area contributed by atoms with Crippen LogP contribution in [-0.2, 0) is 19.1 Å². The minimum atomic E-state index is -1.71. The Kier molecular flexibility index (Phi) is 16.1. The number of ketones is 1. The molecule has 1 heterocycles. The Morgan fingerprint density at radius 3 is 2.06 bits per heavy atom. The molecular formula is C35H52N8O11. The molecule has 1 aromatic carbocycles. The van der Waals surface area contributed by atoms with Gasteiger partial charge in [0.2, 0.25) is 17.7 Å². The fraction of sp³-hybridized carbons (Fsp3) is 0.543. The van der Waals surface area contributed by atoms with Crippen molar-refractivity contribution in [3.63, 3.8) is 0 Å². The second kappa shape index (κ2) is 19.5. The number of alkyl carbamates (subject to hydrolysis) is 1. The van der Waals surface area contributed by atoms with Crippen LogP contribution in [-0.4, -0.2) is 101 Å². The van der Waals surface area contributed by atoms with Crippen LogP contribution in [0.25, 0.3) is 11.0 Å². The van der Waals surface area contributed by atoms with Gasteiger partial charge in [0.05, 0.1) is 18.8 Å². The number of carbonyl (C=O) groups excluding carboxylic acids is 6. The third-order valence-electron chi connectivity index (χ3n) is 7.87. The van der Waals surface area contributed by atoms with E-state index in [-0.39, 0.29) is 59.8 Å². The van der Waals surface area contributed by atoms with Crippen molar-refractivity contribution in [2.24, 2.45) is 28.1 Å². The first-order chi connectivity index (χ1) is 25.1. The Bertz CT molecular complexity index is 1800. The molecule has 19 nitrogen and oxygen atoms in total. The fourth-order valence-corrected chi connectivity index (χ4v) is 5.42. The zero-order valence-electron chi connectivity index (χ0n) is 31.5. The van der Waals surface area contributed by atoms with Crippen molar-refractivity contribution >= 4 is 52.4 Å². The van der Waals surface area contributed by atoms with Crippen molar-refractivity contribution < 1.29 is 48.1 Å². The second-order valence-electron chi connectivity index (χ2n) is 14.1. The van der Waals surface area contributed by atoms with Crippen LogP contribution in [0.5, 0.6) is 0 Å². The number of Topliss-reactive ketones (excluding diaryl/α,β-unsaturated/α-hetero) is 1. The fourth-order valence-electron chi connectivity index (χ4n) is 5.42. The van der Waals surface area contributed by atoms with Crippen LogP contribution in [0, 0.1) is 12.8 Å². The topological polar surface area (TPSA) is 321 Å². The van der Waals surface area contributed by atoms with Gasteiger partial charge in [-0.1, -0.05) is 26.0 Å². The number of amides is 5. The van der Waals surface area contributed by atoms with Crippen molar-refractivity contribution in [2.45, 2.75) is 104 Å². The van der Waals surface area contributed by atoms with E-state index < -0.39 is 89.2 Å². The molecule has 2 aromatic rings. The zero-order valence-corrected chi connectivity index (χ0v) is 31.5. The van der Waals surface area contributed by atoms with Gasteiger partial charge in [-0.15, -0.1) is 0 Å². The standard InChI is InChI=1S/C35H52N8O11/c1-16(2)14-21(42-34(52)54-35(5,6)7)29(48)41-22(15-44)30(49)43-26(18(4)45)31(50)40-20(11-9-13-39-33(37)38)27(46)19-10-8-12-23-24(19)17(3)25(28(36)47)32(51)53-23/h8,10,12,16,18,20-22,26,44-45H,9,11,13-15H2,1-7H3,(H2,36,47)(H,40,50)(H,41,48)(H,42,52)(H,43,49)(H4,37,38,39)/t18-,20+,21+,22+,26+/m1/s1. The molecule has 5 amide bonds. The molecule has 0 saturated carbocycles. The highest BCUT2D eigenvalue weighted by Gasteiger charge is 2.34. The van der Waals surface area contributed by atoms with Gasteiger partial charge in [-0.05, 0) is 71.4 Å². The molecule has 2 rings (SSSR count). The highest BCUT2D eigenvalue weighted by atomic mass is 16.6. The average Bonchev–Trinajstić information content (AvgIpc) is 3.04. The molecule has 0 fully saturated rings. The molecule has 0 radical (unpaired) electrons. The van der Waals surface area contributed by atoms with Crippen LogP contribution in [0.15, 0.2) is 32.4 Å². The number of aliphatic hydroxyl groups excluding tert-OH is 2. The summed E-state index contributed by atoms with van der Waals surface area (Å²) in [5.41, 5.74) is 13.9. The van der Waals surface area contributed by atoms with Gasteiger partial charge >= 0.3 is 11.7 Å². The van der Waals surface area contributed by atoms with Crippen molar-refractivity contribution in [3.05, 3.63) is 45.3 Å². The van der Waals surface area contributed by atoms with E-state index >= 15 is 0 Å². The summed E-state index contributed by atoms with van der Waals surface area (Å²) in [5, 5.41) is 30.3. The molecule has 0 unspecified atom stereocenters. The number of nitrogens with two attached hydrogens (primary N) is 3. The molecule has 1 aromatic heterocycles. The Hall–Kier alpha value is -5.56. The largest absolute Gasteiger partial charge is 0.444 e. The molecule has 19 heteroatoms. The number of rotatable bonds is 18. The average molecular weight is 761 g/mol. The minimum Gasteiger partial charge on any atom is -0.444 e. The van der Waals surface area contributed by atoms with Crippen molar-refractivity contribution in [1.82, 2.24) is 21.3 Å². The summed E-state index contributed by atoms with van der Waals surface area (Å²) in [5.74, 6) is -4.98. The maximum absolute atomic E-state index is 14.1. The first kappa shape index (κ1) is 44.6. The lowest BCUT2D eigenvalue weighted by Crippen LogP contribution is -2.61. The Balaban J connectivity index is 2.40. The van der Waals surface area contributed by atoms with Crippen molar-refractivity contribution in [2.75, 3.05) is 13.2 Å². The van der Waals surface area contributed by atoms with E-state index in [1.165, 1.54) is 32.0 Å². The minimum absolute atomic E-state index is 0.0259. The van der Waals surface area contributed by atoms with Gasteiger partial charge in [-0.2, -0.15) is 0 Å². The monoisotopic (exact) mass is 760 g/mol. The molecule has 298 valence electrons. The van der Waals surface area contributed by atoms with E-state index in [0.29, 0.717) is 0 Å². The second-order valence-corrected chi connectivity index (χ2v) is 14.1. The van der Waals surface area contributed by atoms with E-state index in [1.54, 1.807) is 34.6 Å². The number of fused-ring (bicyclic) bond motifs is 1. The number of primary amides is 1. The van der Waals surface area contributed by atoms with Crippen LogP contribution < -0.4 is 44.1 Å². The Labute approximate surface area is 311 Å².